The Morgan fingerprint density at radius 1 is 1.11 bits per heavy atom. The van der Waals surface area contributed by atoms with Crippen molar-refractivity contribution in [2.45, 2.75) is 58.4 Å². The molecule has 2 saturated heterocycles. The molecule has 2 fully saturated rings. The number of likely N-dealkylation sites (tertiary alicyclic amines) is 1. The molecule has 1 unspecified atom stereocenters. The number of carbonyl (C=O) groups excluding carboxylic acids is 1. The number of nitrogens with one attached hydrogen (secondary N) is 1. The minimum absolute atomic E-state index is 0.106. The zero-order valence-corrected chi connectivity index (χ0v) is 12.0. The van der Waals surface area contributed by atoms with Crippen LogP contribution in [0.3, 0.4) is 0 Å². The first kappa shape index (κ1) is 13.9. The fraction of sp³-hybridized carbons (Fsp3) is 0.933. The quantitative estimate of drug-likeness (QED) is 0.818. The van der Waals surface area contributed by atoms with Crippen molar-refractivity contribution < 1.29 is 4.79 Å². The summed E-state index contributed by atoms with van der Waals surface area (Å²) in [5, 5.41) is 3.38. The summed E-state index contributed by atoms with van der Waals surface area (Å²) >= 11 is 0. The summed E-state index contributed by atoms with van der Waals surface area (Å²) in [5.41, 5.74) is 0. The van der Waals surface area contributed by atoms with Gasteiger partial charge in [-0.2, -0.15) is 0 Å². The molecule has 2 aliphatic rings. The van der Waals surface area contributed by atoms with Gasteiger partial charge < -0.3 is 10.2 Å². The lowest BCUT2D eigenvalue weighted by molar-refractivity contribution is -0.134. The Kier molecular flexibility index (Phi) is 5.04. The van der Waals surface area contributed by atoms with Gasteiger partial charge in [-0.25, -0.2) is 0 Å². The summed E-state index contributed by atoms with van der Waals surface area (Å²) in [7, 11) is 0. The number of piperidine rings is 1. The summed E-state index contributed by atoms with van der Waals surface area (Å²) in [4.78, 5) is 14.6. The summed E-state index contributed by atoms with van der Waals surface area (Å²) < 4.78 is 0. The second-order valence-electron chi connectivity index (χ2n) is 6.26. The van der Waals surface area contributed by atoms with Crippen molar-refractivity contribution in [3.05, 3.63) is 0 Å². The first-order valence-electron chi connectivity index (χ1n) is 7.70. The van der Waals surface area contributed by atoms with E-state index in [9.17, 15) is 4.79 Å². The molecule has 2 atom stereocenters. The van der Waals surface area contributed by atoms with E-state index in [4.69, 9.17) is 0 Å². The zero-order chi connectivity index (χ0) is 13.0. The Hall–Kier alpha value is -0.570. The van der Waals surface area contributed by atoms with Crippen molar-refractivity contribution >= 4 is 5.91 Å². The van der Waals surface area contributed by atoms with Gasteiger partial charge in [-0.3, -0.25) is 4.79 Å². The van der Waals surface area contributed by atoms with Gasteiger partial charge in [0, 0.05) is 13.1 Å². The molecule has 2 heterocycles. The third-order valence-corrected chi connectivity index (χ3v) is 4.64. The second kappa shape index (κ2) is 6.55. The molecule has 2 aliphatic heterocycles. The van der Waals surface area contributed by atoms with Crippen LogP contribution in [0.5, 0.6) is 0 Å². The number of hydrogen-bond donors (Lipinski definition) is 1. The molecule has 1 amide bonds. The minimum Gasteiger partial charge on any atom is -0.341 e. The highest BCUT2D eigenvalue weighted by molar-refractivity contribution is 5.82. The van der Waals surface area contributed by atoms with E-state index in [-0.39, 0.29) is 6.04 Å². The topological polar surface area (TPSA) is 32.3 Å². The van der Waals surface area contributed by atoms with E-state index in [1.807, 2.05) is 0 Å². The van der Waals surface area contributed by atoms with Crippen LogP contribution >= 0.6 is 0 Å². The van der Waals surface area contributed by atoms with Crippen LogP contribution in [0.2, 0.25) is 0 Å². The fourth-order valence-electron chi connectivity index (χ4n) is 3.29. The Balaban J connectivity index is 1.86. The van der Waals surface area contributed by atoms with Crippen molar-refractivity contribution in [1.29, 1.82) is 0 Å². The normalized spacial score (nSPS) is 30.3. The third kappa shape index (κ3) is 3.47. The molecule has 18 heavy (non-hydrogen) atoms. The number of carbonyl (C=O) groups is 1. The number of amides is 1. The average molecular weight is 252 g/mol. The Morgan fingerprint density at radius 2 is 1.94 bits per heavy atom. The minimum atomic E-state index is 0.106. The van der Waals surface area contributed by atoms with Gasteiger partial charge in [0.05, 0.1) is 6.04 Å². The predicted octanol–water partition coefficient (Wildman–Crippen LogP) is 2.41. The highest BCUT2D eigenvalue weighted by Crippen LogP contribution is 2.25. The molecular formula is C15H28N2O. The first-order valence-corrected chi connectivity index (χ1v) is 7.70. The molecule has 0 aliphatic carbocycles. The number of rotatable bonds is 2. The maximum atomic E-state index is 12.4. The summed E-state index contributed by atoms with van der Waals surface area (Å²) in [5.74, 6) is 1.93. The van der Waals surface area contributed by atoms with Crippen molar-refractivity contribution in [3.8, 4) is 0 Å². The van der Waals surface area contributed by atoms with Gasteiger partial charge in [-0.15, -0.1) is 0 Å². The van der Waals surface area contributed by atoms with Crippen LogP contribution in [0.4, 0.5) is 0 Å². The number of nitrogens with zero attached hydrogens (tertiary/aromatic N) is 1. The Labute approximate surface area is 111 Å². The summed E-state index contributed by atoms with van der Waals surface area (Å²) in [6, 6.07) is 0.106. The lowest BCUT2D eigenvalue weighted by Gasteiger charge is -2.29. The molecule has 2 rings (SSSR count). The van der Waals surface area contributed by atoms with Crippen molar-refractivity contribution in [2.24, 2.45) is 11.8 Å². The maximum Gasteiger partial charge on any atom is 0.239 e. The predicted molar refractivity (Wildman–Crippen MR) is 74.4 cm³/mol. The van der Waals surface area contributed by atoms with Crippen molar-refractivity contribution in [2.75, 3.05) is 19.6 Å². The molecule has 1 N–H and O–H groups in total. The molecule has 0 radical (unpaired) electrons. The van der Waals surface area contributed by atoms with Gasteiger partial charge in [0.2, 0.25) is 5.91 Å². The second-order valence-corrected chi connectivity index (χ2v) is 6.26. The molecule has 0 aromatic carbocycles. The Morgan fingerprint density at radius 3 is 2.61 bits per heavy atom. The van der Waals surface area contributed by atoms with Crippen LogP contribution in [0.25, 0.3) is 0 Å². The van der Waals surface area contributed by atoms with Gasteiger partial charge in [-0.1, -0.05) is 20.3 Å². The highest BCUT2D eigenvalue weighted by Gasteiger charge is 2.28. The van der Waals surface area contributed by atoms with Crippen LogP contribution in [0, 0.1) is 11.8 Å². The van der Waals surface area contributed by atoms with Crippen molar-refractivity contribution in [3.63, 3.8) is 0 Å². The van der Waals surface area contributed by atoms with Gasteiger partial charge in [0.1, 0.15) is 0 Å². The SMILES string of the molecule is CC(C)C1CCCN(C(=O)[C@H]2CCCCN2)CC1. The fourth-order valence-corrected chi connectivity index (χ4v) is 3.29. The maximum absolute atomic E-state index is 12.4. The van der Waals surface area contributed by atoms with E-state index in [2.05, 4.69) is 24.1 Å². The van der Waals surface area contributed by atoms with Crippen molar-refractivity contribution in [1.82, 2.24) is 10.2 Å². The molecule has 0 saturated carbocycles. The van der Waals surface area contributed by atoms with E-state index >= 15 is 0 Å². The molecule has 0 aromatic heterocycles. The summed E-state index contributed by atoms with van der Waals surface area (Å²) in [6.07, 6.45) is 7.12. The lowest BCUT2D eigenvalue weighted by atomic mass is 9.89. The molecule has 0 spiro atoms. The van der Waals surface area contributed by atoms with Gasteiger partial charge >= 0.3 is 0 Å². The van der Waals surface area contributed by atoms with E-state index in [0.717, 1.165) is 37.9 Å². The third-order valence-electron chi connectivity index (χ3n) is 4.64. The largest absolute Gasteiger partial charge is 0.341 e. The molecule has 3 heteroatoms. The number of hydrogen-bond acceptors (Lipinski definition) is 2. The summed E-state index contributed by atoms with van der Waals surface area (Å²) in [6.45, 7) is 7.58. The van der Waals surface area contributed by atoms with Crippen LogP contribution < -0.4 is 5.32 Å². The highest BCUT2D eigenvalue weighted by atomic mass is 16.2. The average Bonchev–Trinajstić information content (AvgIpc) is 2.64. The molecule has 3 nitrogen and oxygen atoms in total. The lowest BCUT2D eigenvalue weighted by Crippen LogP contribution is -2.48. The smallest absolute Gasteiger partial charge is 0.239 e. The van der Waals surface area contributed by atoms with Gasteiger partial charge in [0.25, 0.3) is 0 Å². The van der Waals surface area contributed by atoms with Gasteiger partial charge in [0.15, 0.2) is 0 Å². The van der Waals surface area contributed by atoms with Crippen LogP contribution in [0.15, 0.2) is 0 Å². The molecule has 0 bridgehead atoms. The molecular weight excluding hydrogens is 224 g/mol. The van der Waals surface area contributed by atoms with E-state index in [1.54, 1.807) is 0 Å². The Bertz CT molecular complexity index is 272. The standard InChI is InChI=1S/C15H28N2O/c1-12(2)13-6-5-10-17(11-8-13)15(18)14-7-3-4-9-16-14/h12-14,16H,3-11H2,1-2H3/t13?,14-/m1/s1. The van der Waals surface area contributed by atoms with E-state index < -0.39 is 0 Å². The van der Waals surface area contributed by atoms with E-state index in [0.29, 0.717) is 5.91 Å². The van der Waals surface area contributed by atoms with Crippen LogP contribution in [0.1, 0.15) is 52.4 Å². The molecule has 0 aromatic rings. The van der Waals surface area contributed by atoms with Crippen LogP contribution in [-0.4, -0.2) is 36.5 Å². The first-order chi connectivity index (χ1) is 8.68. The zero-order valence-electron chi connectivity index (χ0n) is 12.0. The van der Waals surface area contributed by atoms with Gasteiger partial charge in [-0.05, 0) is 50.5 Å². The van der Waals surface area contributed by atoms with E-state index in [1.165, 1.54) is 32.1 Å². The molecule has 104 valence electrons. The monoisotopic (exact) mass is 252 g/mol. The van der Waals surface area contributed by atoms with Crippen LogP contribution in [-0.2, 0) is 4.79 Å².